The van der Waals surface area contributed by atoms with Gasteiger partial charge in [0.05, 0.1) is 26.5 Å². The molecule has 0 fully saturated rings. The molecule has 6 heteroatoms. The second-order valence-corrected chi connectivity index (χ2v) is 7.34. The topological polar surface area (TPSA) is 54.7 Å². The number of nitrogens with zero attached hydrogens (tertiary/aromatic N) is 1. The predicted molar refractivity (Wildman–Crippen MR) is 107 cm³/mol. The number of carbonyl (C=O) groups excluding carboxylic acids is 1. The maximum Gasteiger partial charge on any atom is 0.318 e. The van der Waals surface area contributed by atoms with Crippen LogP contribution in [0, 0.1) is 6.92 Å². The Morgan fingerprint density at radius 2 is 2.11 bits per heavy atom. The summed E-state index contributed by atoms with van der Waals surface area (Å²) < 4.78 is 10.8. The molecule has 0 atom stereocenters. The highest BCUT2D eigenvalue weighted by Crippen LogP contribution is 2.20. The molecule has 5 nitrogen and oxygen atoms in total. The minimum absolute atomic E-state index is 0.105. The first-order valence-electron chi connectivity index (χ1n) is 8.87. The number of methoxy groups -OCH3 is 1. The van der Waals surface area contributed by atoms with Crippen LogP contribution in [-0.2, 0) is 19.5 Å². The molecule has 0 unspecified atom stereocenters. The number of amides is 2. The van der Waals surface area contributed by atoms with Crippen molar-refractivity contribution >= 4 is 17.4 Å². The van der Waals surface area contributed by atoms with E-state index in [1.807, 2.05) is 48.7 Å². The minimum Gasteiger partial charge on any atom is -0.496 e. The van der Waals surface area contributed by atoms with Crippen molar-refractivity contribution in [2.75, 3.05) is 13.7 Å². The average Bonchev–Trinajstić information content (AvgIpc) is 3.35. The van der Waals surface area contributed by atoms with Gasteiger partial charge in [0.25, 0.3) is 0 Å². The number of benzene rings is 1. The van der Waals surface area contributed by atoms with E-state index in [0.29, 0.717) is 26.1 Å². The molecule has 0 radical (unpaired) electrons. The molecule has 0 saturated heterocycles. The lowest BCUT2D eigenvalue weighted by Gasteiger charge is -2.22. The minimum atomic E-state index is -0.105. The van der Waals surface area contributed by atoms with Crippen LogP contribution in [-0.4, -0.2) is 24.6 Å². The van der Waals surface area contributed by atoms with Crippen molar-refractivity contribution in [3.05, 3.63) is 75.9 Å². The highest BCUT2D eigenvalue weighted by Gasteiger charge is 2.16. The fourth-order valence-corrected chi connectivity index (χ4v) is 3.62. The Hall–Kier alpha value is -2.73. The maximum atomic E-state index is 12.8. The second-order valence-electron chi connectivity index (χ2n) is 6.31. The van der Waals surface area contributed by atoms with Gasteiger partial charge in [-0.3, -0.25) is 0 Å². The lowest BCUT2D eigenvalue weighted by atomic mass is 10.1. The standard InChI is InChI=1S/C21H24N2O3S/c1-16-7-8-20(25-2)17(13-16)9-10-22-21(24)23(14-18-5-3-11-26-18)15-19-6-4-12-27-19/h3-8,11-13H,9-10,14-15H2,1-2H3,(H,22,24). The first-order chi connectivity index (χ1) is 13.2. The van der Waals surface area contributed by atoms with E-state index in [1.165, 1.54) is 5.56 Å². The fraction of sp³-hybridized carbons (Fsp3) is 0.286. The van der Waals surface area contributed by atoms with Crippen molar-refractivity contribution in [1.82, 2.24) is 10.2 Å². The largest absolute Gasteiger partial charge is 0.496 e. The summed E-state index contributed by atoms with van der Waals surface area (Å²) in [5.74, 6) is 1.61. The molecule has 142 valence electrons. The van der Waals surface area contributed by atoms with Crippen molar-refractivity contribution in [1.29, 1.82) is 0 Å². The van der Waals surface area contributed by atoms with E-state index in [2.05, 4.69) is 11.4 Å². The summed E-state index contributed by atoms with van der Waals surface area (Å²) in [4.78, 5) is 15.7. The fourth-order valence-electron chi connectivity index (χ4n) is 2.90. The van der Waals surface area contributed by atoms with Crippen LogP contribution in [0.15, 0.2) is 58.5 Å². The maximum absolute atomic E-state index is 12.8. The smallest absolute Gasteiger partial charge is 0.318 e. The zero-order valence-corrected chi connectivity index (χ0v) is 16.4. The van der Waals surface area contributed by atoms with Gasteiger partial charge in [-0.25, -0.2) is 4.79 Å². The first kappa shape index (κ1) is 19.0. The molecule has 0 aliphatic carbocycles. The molecule has 3 aromatic rings. The third-order valence-corrected chi connectivity index (χ3v) is 5.11. The van der Waals surface area contributed by atoms with Crippen LogP contribution in [0.4, 0.5) is 4.79 Å². The van der Waals surface area contributed by atoms with Crippen LogP contribution in [0.1, 0.15) is 21.8 Å². The van der Waals surface area contributed by atoms with E-state index in [-0.39, 0.29) is 6.03 Å². The van der Waals surface area contributed by atoms with Gasteiger partial charge in [-0.1, -0.05) is 23.8 Å². The Balaban J connectivity index is 1.61. The molecule has 3 rings (SSSR count). The van der Waals surface area contributed by atoms with Gasteiger partial charge >= 0.3 is 6.03 Å². The zero-order valence-electron chi connectivity index (χ0n) is 15.6. The number of aryl methyl sites for hydroxylation is 1. The highest BCUT2D eigenvalue weighted by molar-refractivity contribution is 7.09. The molecule has 2 amide bonds. The Morgan fingerprint density at radius 3 is 2.81 bits per heavy atom. The van der Waals surface area contributed by atoms with E-state index in [4.69, 9.17) is 9.15 Å². The third kappa shape index (κ3) is 5.37. The van der Waals surface area contributed by atoms with Crippen LogP contribution in [0.25, 0.3) is 0 Å². The summed E-state index contributed by atoms with van der Waals surface area (Å²) in [5.41, 5.74) is 2.27. The molecule has 27 heavy (non-hydrogen) atoms. The number of carbonyl (C=O) groups is 1. The Kier molecular flexibility index (Phi) is 6.54. The summed E-state index contributed by atoms with van der Waals surface area (Å²) in [6, 6.07) is 13.7. The number of furan rings is 1. The number of nitrogens with one attached hydrogen (secondary N) is 1. The van der Waals surface area contributed by atoms with Crippen LogP contribution in [0.5, 0.6) is 5.75 Å². The van der Waals surface area contributed by atoms with Gasteiger partial charge in [0, 0.05) is 11.4 Å². The van der Waals surface area contributed by atoms with E-state index in [9.17, 15) is 4.79 Å². The van der Waals surface area contributed by atoms with Crippen molar-refractivity contribution in [3.8, 4) is 5.75 Å². The monoisotopic (exact) mass is 384 g/mol. The van der Waals surface area contributed by atoms with Crippen molar-refractivity contribution < 1.29 is 13.9 Å². The molecular formula is C21H24N2O3S. The van der Waals surface area contributed by atoms with Gasteiger partial charge in [-0.05, 0) is 48.6 Å². The first-order valence-corrected chi connectivity index (χ1v) is 9.74. The SMILES string of the molecule is COc1ccc(C)cc1CCNC(=O)N(Cc1ccco1)Cc1cccs1. The highest BCUT2D eigenvalue weighted by atomic mass is 32.1. The molecule has 2 heterocycles. The number of hydrogen-bond acceptors (Lipinski definition) is 4. The average molecular weight is 385 g/mol. The zero-order chi connectivity index (χ0) is 19.1. The normalized spacial score (nSPS) is 10.6. The summed E-state index contributed by atoms with van der Waals surface area (Å²) in [6.45, 7) is 3.58. The van der Waals surface area contributed by atoms with Crippen LogP contribution in [0.3, 0.4) is 0 Å². The van der Waals surface area contributed by atoms with Crippen LogP contribution < -0.4 is 10.1 Å². The Morgan fingerprint density at radius 1 is 1.22 bits per heavy atom. The lowest BCUT2D eigenvalue weighted by molar-refractivity contribution is 0.188. The molecule has 0 spiro atoms. The molecule has 0 aliphatic heterocycles. The predicted octanol–water partition coefficient (Wildman–Crippen LogP) is 4.61. The summed E-state index contributed by atoms with van der Waals surface area (Å²) in [5, 5.41) is 5.04. The Bertz CT molecular complexity index is 808. The third-order valence-electron chi connectivity index (χ3n) is 4.25. The summed E-state index contributed by atoms with van der Waals surface area (Å²) in [7, 11) is 1.67. The number of ether oxygens (including phenoxy) is 1. The van der Waals surface area contributed by atoms with Crippen molar-refractivity contribution in [2.45, 2.75) is 26.4 Å². The van der Waals surface area contributed by atoms with Gasteiger partial charge in [0.15, 0.2) is 0 Å². The van der Waals surface area contributed by atoms with Crippen molar-refractivity contribution in [2.24, 2.45) is 0 Å². The number of hydrogen-bond donors (Lipinski definition) is 1. The van der Waals surface area contributed by atoms with E-state index in [0.717, 1.165) is 22.0 Å². The Labute approximate surface area is 163 Å². The lowest BCUT2D eigenvalue weighted by Crippen LogP contribution is -2.39. The van der Waals surface area contributed by atoms with Gasteiger partial charge in [-0.15, -0.1) is 11.3 Å². The number of urea groups is 1. The molecular weight excluding hydrogens is 360 g/mol. The molecule has 0 bridgehead atoms. The van der Waals surface area contributed by atoms with E-state index in [1.54, 1.807) is 29.6 Å². The molecule has 0 saturated carbocycles. The quantitative estimate of drug-likeness (QED) is 0.617. The van der Waals surface area contributed by atoms with Crippen LogP contribution >= 0.6 is 11.3 Å². The van der Waals surface area contributed by atoms with E-state index < -0.39 is 0 Å². The van der Waals surface area contributed by atoms with Gasteiger partial charge < -0.3 is 19.4 Å². The van der Waals surface area contributed by atoms with Gasteiger partial charge in [-0.2, -0.15) is 0 Å². The molecule has 1 aromatic carbocycles. The summed E-state index contributed by atoms with van der Waals surface area (Å²) in [6.07, 6.45) is 2.34. The second kappa shape index (κ2) is 9.28. The van der Waals surface area contributed by atoms with Gasteiger partial charge in [0.1, 0.15) is 11.5 Å². The number of thiophene rings is 1. The van der Waals surface area contributed by atoms with Crippen molar-refractivity contribution in [3.63, 3.8) is 0 Å². The van der Waals surface area contributed by atoms with E-state index >= 15 is 0 Å². The molecule has 2 aromatic heterocycles. The number of rotatable bonds is 8. The van der Waals surface area contributed by atoms with Crippen LogP contribution in [0.2, 0.25) is 0 Å². The molecule has 1 N–H and O–H groups in total. The molecule has 0 aliphatic rings. The summed E-state index contributed by atoms with van der Waals surface area (Å²) >= 11 is 1.64. The van der Waals surface area contributed by atoms with Gasteiger partial charge in [0.2, 0.25) is 0 Å².